The zero-order chi connectivity index (χ0) is 13.0. The number of nitrogens with zero attached hydrogens (tertiary/aromatic N) is 2. The number of anilines is 1. The Bertz CT molecular complexity index is 423. The maximum Gasteiger partial charge on any atom is 0.129 e. The summed E-state index contributed by atoms with van der Waals surface area (Å²) in [4.78, 5) is 7.44. The summed E-state index contributed by atoms with van der Waals surface area (Å²) in [5, 5.41) is 0. The lowest BCUT2D eigenvalue weighted by Gasteiger charge is -2.26. The normalized spacial score (nSPS) is 17.1. The molecule has 0 spiro atoms. The SMILES string of the molecule is Cc1cc(C(N)=S)cc(N2CCCCCCC2)n1. The molecule has 0 saturated carbocycles. The molecule has 0 unspecified atom stereocenters. The van der Waals surface area contributed by atoms with Crippen molar-refractivity contribution in [3.63, 3.8) is 0 Å². The first kappa shape index (κ1) is 13.3. The molecule has 1 saturated heterocycles. The van der Waals surface area contributed by atoms with Gasteiger partial charge in [-0.25, -0.2) is 4.98 Å². The molecule has 2 heterocycles. The van der Waals surface area contributed by atoms with Gasteiger partial charge in [-0.15, -0.1) is 0 Å². The molecule has 0 radical (unpaired) electrons. The van der Waals surface area contributed by atoms with Crippen LogP contribution in [0.2, 0.25) is 0 Å². The molecule has 1 aliphatic rings. The van der Waals surface area contributed by atoms with Crippen molar-refractivity contribution < 1.29 is 0 Å². The van der Waals surface area contributed by atoms with E-state index in [9.17, 15) is 0 Å². The molecule has 2 rings (SSSR count). The van der Waals surface area contributed by atoms with Crippen molar-refractivity contribution in [1.82, 2.24) is 4.98 Å². The molecule has 3 nitrogen and oxygen atoms in total. The molecule has 0 atom stereocenters. The average Bonchev–Trinajstić information content (AvgIpc) is 2.27. The van der Waals surface area contributed by atoms with Gasteiger partial charge in [0.1, 0.15) is 10.8 Å². The minimum atomic E-state index is 0.453. The molecule has 1 aromatic heterocycles. The molecule has 0 aliphatic carbocycles. The maximum atomic E-state index is 5.72. The van der Waals surface area contributed by atoms with Gasteiger partial charge in [0.05, 0.1) is 0 Å². The van der Waals surface area contributed by atoms with E-state index in [4.69, 9.17) is 18.0 Å². The third-order valence-electron chi connectivity index (χ3n) is 3.40. The largest absolute Gasteiger partial charge is 0.389 e. The van der Waals surface area contributed by atoms with Gasteiger partial charge in [0.2, 0.25) is 0 Å². The molecule has 2 N–H and O–H groups in total. The molecule has 1 aromatic rings. The van der Waals surface area contributed by atoms with Gasteiger partial charge in [0.15, 0.2) is 0 Å². The number of rotatable bonds is 2. The number of pyridine rings is 1. The van der Waals surface area contributed by atoms with Crippen LogP contribution >= 0.6 is 12.2 Å². The van der Waals surface area contributed by atoms with Gasteiger partial charge >= 0.3 is 0 Å². The monoisotopic (exact) mass is 263 g/mol. The molecule has 18 heavy (non-hydrogen) atoms. The fourth-order valence-corrected chi connectivity index (χ4v) is 2.55. The highest BCUT2D eigenvalue weighted by molar-refractivity contribution is 7.80. The van der Waals surface area contributed by atoms with Crippen LogP contribution in [-0.4, -0.2) is 23.1 Å². The van der Waals surface area contributed by atoms with E-state index in [1.807, 2.05) is 19.1 Å². The summed E-state index contributed by atoms with van der Waals surface area (Å²) in [7, 11) is 0. The standard InChI is InChI=1S/C14H21N3S/c1-11-9-12(14(15)18)10-13(16-11)17-7-5-3-2-4-6-8-17/h9-10H,2-8H2,1H3,(H2,15,18). The van der Waals surface area contributed by atoms with E-state index in [0.29, 0.717) is 4.99 Å². The molecule has 4 heteroatoms. The Balaban J connectivity index is 2.22. The number of nitrogens with two attached hydrogens (primary N) is 1. The summed E-state index contributed by atoms with van der Waals surface area (Å²) in [5.41, 5.74) is 7.63. The van der Waals surface area contributed by atoms with Crippen LogP contribution in [0.3, 0.4) is 0 Å². The van der Waals surface area contributed by atoms with Gasteiger partial charge in [-0.2, -0.15) is 0 Å². The van der Waals surface area contributed by atoms with Crippen LogP contribution in [0.15, 0.2) is 12.1 Å². The van der Waals surface area contributed by atoms with Crippen LogP contribution in [0.5, 0.6) is 0 Å². The van der Waals surface area contributed by atoms with Crippen molar-refractivity contribution in [2.45, 2.75) is 39.0 Å². The van der Waals surface area contributed by atoms with Gasteiger partial charge in [-0.3, -0.25) is 0 Å². The number of aryl methyl sites for hydroxylation is 1. The van der Waals surface area contributed by atoms with Gasteiger partial charge in [0.25, 0.3) is 0 Å². The van der Waals surface area contributed by atoms with Crippen molar-refractivity contribution >= 4 is 23.0 Å². The molecule has 98 valence electrons. The second-order valence-corrected chi connectivity index (χ2v) is 5.41. The van der Waals surface area contributed by atoms with Gasteiger partial charge in [0, 0.05) is 24.3 Å². The van der Waals surface area contributed by atoms with Crippen molar-refractivity contribution in [2.75, 3.05) is 18.0 Å². The summed E-state index contributed by atoms with van der Waals surface area (Å²) in [5.74, 6) is 1.03. The highest BCUT2D eigenvalue weighted by Gasteiger charge is 2.12. The number of aromatic nitrogens is 1. The topological polar surface area (TPSA) is 42.1 Å². The van der Waals surface area contributed by atoms with Crippen molar-refractivity contribution in [3.05, 3.63) is 23.4 Å². The average molecular weight is 263 g/mol. The quantitative estimate of drug-likeness (QED) is 0.833. The zero-order valence-electron chi connectivity index (χ0n) is 11.0. The molecular weight excluding hydrogens is 242 g/mol. The fourth-order valence-electron chi connectivity index (χ4n) is 2.43. The van der Waals surface area contributed by atoms with Crippen LogP contribution in [0.1, 0.15) is 43.4 Å². The minimum absolute atomic E-state index is 0.453. The van der Waals surface area contributed by atoms with Crippen LogP contribution in [0, 0.1) is 6.92 Å². The first-order valence-electron chi connectivity index (χ1n) is 6.70. The van der Waals surface area contributed by atoms with Crippen LogP contribution < -0.4 is 10.6 Å². The van der Waals surface area contributed by atoms with E-state index in [1.54, 1.807) is 0 Å². The Morgan fingerprint density at radius 1 is 1.17 bits per heavy atom. The van der Waals surface area contributed by atoms with E-state index in [0.717, 1.165) is 30.2 Å². The second-order valence-electron chi connectivity index (χ2n) is 4.97. The molecule has 1 aliphatic heterocycles. The third-order valence-corrected chi connectivity index (χ3v) is 3.64. The zero-order valence-corrected chi connectivity index (χ0v) is 11.8. The second kappa shape index (κ2) is 6.14. The Morgan fingerprint density at radius 3 is 2.39 bits per heavy atom. The molecule has 1 fully saturated rings. The Morgan fingerprint density at radius 2 is 1.78 bits per heavy atom. The Kier molecular flexibility index (Phi) is 4.53. The number of hydrogen-bond acceptors (Lipinski definition) is 3. The summed E-state index contributed by atoms with van der Waals surface area (Å²) >= 11 is 5.06. The van der Waals surface area contributed by atoms with E-state index >= 15 is 0 Å². The number of thiocarbonyl (C=S) groups is 1. The fraction of sp³-hybridized carbons (Fsp3) is 0.571. The molecule has 0 amide bonds. The van der Waals surface area contributed by atoms with Crippen LogP contribution in [-0.2, 0) is 0 Å². The minimum Gasteiger partial charge on any atom is -0.389 e. The van der Waals surface area contributed by atoms with Gasteiger partial charge in [-0.1, -0.05) is 31.5 Å². The summed E-state index contributed by atoms with van der Waals surface area (Å²) in [6.07, 6.45) is 6.51. The van der Waals surface area contributed by atoms with Crippen LogP contribution in [0.25, 0.3) is 0 Å². The smallest absolute Gasteiger partial charge is 0.129 e. The summed E-state index contributed by atoms with van der Waals surface area (Å²) in [6.45, 7) is 4.18. The maximum absolute atomic E-state index is 5.72. The van der Waals surface area contributed by atoms with Gasteiger partial charge < -0.3 is 10.6 Å². The first-order valence-corrected chi connectivity index (χ1v) is 7.11. The first-order chi connectivity index (χ1) is 8.66. The lowest BCUT2D eigenvalue weighted by atomic mass is 10.1. The Hall–Kier alpha value is -1.16. The van der Waals surface area contributed by atoms with Crippen molar-refractivity contribution in [3.8, 4) is 0 Å². The third kappa shape index (κ3) is 3.42. The lowest BCUT2D eigenvalue weighted by Crippen LogP contribution is -2.28. The van der Waals surface area contributed by atoms with Crippen molar-refractivity contribution in [2.24, 2.45) is 5.73 Å². The van der Waals surface area contributed by atoms with Gasteiger partial charge in [-0.05, 0) is 31.9 Å². The lowest BCUT2D eigenvalue weighted by molar-refractivity contribution is 0.553. The predicted molar refractivity (Wildman–Crippen MR) is 80.2 cm³/mol. The van der Waals surface area contributed by atoms with E-state index in [-0.39, 0.29) is 0 Å². The summed E-state index contributed by atoms with van der Waals surface area (Å²) in [6, 6.07) is 3.98. The highest BCUT2D eigenvalue weighted by Crippen LogP contribution is 2.19. The predicted octanol–water partition coefficient (Wildman–Crippen LogP) is 2.79. The molecule has 0 bridgehead atoms. The van der Waals surface area contributed by atoms with E-state index in [1.165, 1.54) is 32.1 Å². The van der Waals surface area contributed by atoms with Crippen LogP contribution in [0.4, 0.5) is 5.82 Å². The highest BCUT2D eigenvalue weighted by atomic mass is 32.1. The molecule has 0 aromatic carbocycles. The number of hydrogen-bond donors (Lipinski definition) is 1. The van der Waals surface area contributed by atoms with Crippen molar-refractivity contribution in [1.29, 1.82) is 0 Å². The molecular formula is C14H21N3S. The Labute approximate surface area is 114 Å². The summed E-state index contributed by atoms with van der Waals surface area (Å²) < 4.78 is 0. The van der Waals surface area contributed by atoms with E-state index < -0.39 is 0 Å². The van der Waals surface area contributed by atoms with E-state index in [2.05, 4.69) is 9.88 Å².